The second kappa shape index (κ2) is 3.48. The van der Waals surface area contributed by atoms with Crippen molar-refractivity contribution < 1.29 is 0 Å². The number of fused-ring (bicyclic) bond motifs is 1. The highest BCUT2D eigenvalue weighted by atomic mass is 15.0. The molecule has 0 radical (unpaired) electrons. The first-order valence-corrected chi connectivity index (χ1v) is 4.33. The van der Waals surface area contributed by atoms with Crippen LogP contribution in [0.4, 0.5) is 5.69 Å². The van der Waals surface area contributed by atoms with Gasteiger partial charge >= 0.3 is 0 Å². The molecule has 0 saturated heterocycles. The summed E-state index contributed by atoms with van der Waals surface area (Å²) < 4.78 is 1.88. The molecular weight excluding hydrogens is 176 g/mol. The Hall–Kier alpha value is -1.86. The van der Waals surface area contributed by atoms with E-state index in [-0.39, 0.29) is 0 Å². The molecule has 70 valence electrons. The largest absolute Gasteiger partial charge is 0.317 e. The Morgan fingerprint density at radius 1 is 1.50 bits per heavy atom. The second-order valence-corrected chi connectivity index (χ2v) is 3.03. The quantitative estimate of drug-likeness (QED) is 0.723. The molecule has 1 N–H and O–H groups in total. The molecule has 4 nitrogen and oxygen atoms in total. The fourth-order valence-corrected chi connectivity index (χ4v) is 1.37. The smallest absolute Gasteiger partial charge is 0.203 e. The Kier molecular flexibility index (Phi) is 2.17. The van der Waals surface area contributed by atoms with Crippen molar-refractivity contribution in [1.82, 2.24) is 14.7 Å². The molecule has 0 fully saturated rings. The highest BCUT2D eigenvalue weighted by Crippen LogP contribution is 2.13. The number of aromatic nitrogens is 2. The summed E-state index contributed by atoms with van der Waals surface area (Å²) in [7, 11) is 1.88. The van der Waals surface area contributed by atoms with Crippen LogP contribution in [-0.4, -0.2) is 16.4 Å². The fraction of sp³-hybridized carbons (Fsp3) is 0.200. The molecule has 0 saturated carbocycles. The van der Waals surface area contributed by atoms with Gasteiger partial charge in [0.05, 0.1) is 12.3 Å². The lowest BCUT2D eigenvalue weighted by atomic mass is 10.4. The van der Waals surface area contributed by atoms with Gasteiger partial charge in [-0.3, -0.25) is 0 Å². The van der Waals surface area contributed by atoms with Crippen LogP contribution in [-0.2, 0) is 6.54 Å². The summed E-state index contributed by atoms with van der Waals surface area (Å²) in [6.07, 6.45) is 3.72. The van der Waals surface area contributed by atoms with E-state index >= 15 is 0 Å². The van der Waals surface area contributed by atoms with Crippen LogP contribution >= 0.6 is 0 Å². The standard InChI is InChI=1S/C10H10N4/c1-11-5-9-7-14-6-8(12-2)3-4-10(14)13-9/h3-4,6-7,11H,5H2,1H3. The van der Waals surface area contributed by atoms with Crippen LogP contribution in [0.3, 0.4) is 0 Å². The monoisotopic (exact) mass is 186 g/mol. The van der Waals surface area contributed by atoms with Crippen molar-refractivity contribution in [3.63, 3.8) is 0 Å². The number of hydrogen-bond donors (Lipinski definition) is 1. The zero-order chi connectivity index (χ0) is 9.97. The van der Waals surface area contributed by atoms with Crippen molar-refractivity contribution in [2.24, 2.45) is 0 Å². The van der Waals surface area contributed by atoms with E-state index in [4.69, 9.17) is 6.57 Å². The number of hydrogen-bond acceptors (Lipinski definition) is 2. The van der Waals surface area contributed by atoms with E-state index in [9.17, 15) is 0 Å². The number of rotatable bonds is 2. The van der Waals surface area contributed by atoms with Crippen molar-refractivity contribution in [3.8, 4) is 0 Å². The van der Waals surface area contributed by atoms with Gasteiger partial charge in [0, 0.05) is 18.9 Å². The summed E-state index contributed by atoms with van der Waals surface area (Å²) in [5.41, 5.74) is 2.49. The van der Waals surface area contributed by atoms with Gasteiger partial charge in [-0.05, 0) is 13.1 Å². The maximum atomic E-state index is 6.89. The molecule has 2 heterocycles. The Morgan fingerprint density at radius 3 is 3.07 bits per heavy atom. The van der Waals surface area contributed by atoms with Crippen molar-refractivity contribution in [2.75, 3.05) is 7.05 Å². The molecule has 0 bridgehead atoms. The predicted molar refractivity (Wildman–Crippen MR) is 54.2 cm³/mol. The molecular formula is C10H10N4. The van der Waals surface area contributed by atoms with E-state index in [1.807, 2.05) is 23.7 Å². The molecule has 0 aliphatic rings. The SMILES string of the molecule is [C-]#[N+]c1ccc2nc(CNC)cn2c1. The molecule has 2 aromatic rings. The van der Waals surface area contributed by atoms with E-state index in [0.29, 0.717) is 5.69 Å². The van der Waals surface area contributed by atoms with E-state index in [0.717, 1.165) is 17.9 Å². The molecule has 0 amide bonds. The van der Waals surface area contributed by atoms with Crippen LogP contribution < -0.4 is 5.32 Å². The van der Waals surface area contributed by atoms with Gasteiger partial charge in [-0.2, -0.15) is 0 Å². The lowest BCUT2D eigenvalue weighted by Crippen LogP contribution is -2.04. The van der Waals surface area contributed by atoms with Crippen LogP contribution in [0.15, 0.2) is 24.5 Å². The van der Waals surface area contributed by atoms with Crippen molar-refractivity contribution in [1.29, 1.82) is 0 Å². The summed E-state index contributed by atoms with van der Waals surface area (Å²) in [5, 5.41) is 3.04. The van der Waals surface area contributed by atoms with Gasteiger partial charge in [-0.25, -0.2) is 9.83 Å². The highest BCUT2D eigenvalue weighted by molar-refractivity contribution is 5.51. The van der Waals surface area contributed by atoms with Crippen LogP contribution in [0, 0.1) is 6.57 Å². The molecule has 14 heavy (non-hydrogen) atoms. The summed E-state index contributed by atoms with van der Waals surface area (Å²) in [6.45, 7) is 7.63. The average molecular weight is 186 g/mol. The van der Waals surface area contributed by atoms with E-state index in [1.54, 1.807) is 12.3 Å². The van der Waals surface area contributed by atoms with Gasteiger partial charge in [0.25, 0.3) is 0 Å². The first kappa shape index (κ1) is 8.73. The number of pyridine rings is 1. The summed E-state index contributed by atoms with van der Waals surface area (Å²) in [6, 6.07) is 3.63. The molecule has 4 heteroatoms. The minimum absolute atomic E-state index is 0.630. The number of nitrogens with zero attached hydrogens (tertiary/aromatic N) is 3. The minimum atomic E-state index is 0.630. The Balaban J connectivity index is 2.50. The number of nitrogens with one attached hydrogen (secondary N) is 1. The summed E-state index contributed by atoms with van der Waals surface area (Å²) in [5.74, 6) is 0. The van der Waals surface area contributed by atoms with Crippen LogP contribution in [0.5, 0.6) is 0 Å². The van der Waals surface area contributed by atoms with Gasteiger partial charge in [-0.1, -0.05) is 6.07 Å². The van der Waals surface area contributed by atoms with Crippen molar-refractivity contribution in [3.05, 3.63) is 41.6 Å². The van der Waals surface area contributed by atoms with Crippen LogP contribution in [0.1, 0.15) is 5.69 Å². The van der Waals surface area contributed by atoms with E-state index < -0.39 is 0 Å². The Bertz CT molecular complexity index is 492. The van der Waals surface area contributed by atoms with Crippen molar-refractivity contribution >= 4 is 11.3 Å². The first-order valence-electron chi connectivity index (χ1n) is 4.33. The molecule has 0 unspecified atom stereocenters. The topological polar surface area (TPSA) is 33.7 Å². The zero-order valence-electron chi connectivity index (χ0n) is 7.86. The van der Waals surface area contributed by atoms with Crippen molar-refractivity contribution in [2.45, 2.75) is 6.54 Å². The lowest BCUT2D eigenvalue weighted by Gasteiger charge is -1.91. The normalized spacial score (nSPS) is 10.3. The van der Waals surface area contributed by atoms with E-state index in [2.05, 4.69) is 15.1 Å². The fourth-order valence-electron chi connectivity index (χ4n) is 1.37. The Labute approximate surface area is 82.0 Å². The van der Waals surface area contributed by atoms with Gasteiger partial charge in [-0.15, -0.1) is 0 Å². The maximum absolute atomic E-state index is 6.89. The molecule has 0 spiro atoms. The van der Waals surface area contributed by atoms with Gasteiger partial charge in [0.15, 0.2) is 0 Å². The number of imidazole rings is 1. The molecule has 2 rings (SSSR count). The van der Waals surface area contributed by atoms with Gasteiger partial charge in [0.1, 0.15) is 5.65 Å². The molecule has 0 aromatic carbocycles. The lowest BCUT2D eigenvalue weighted by molar-refractivity contribution is 0.798. The summed E-state index contributed by atoms with van der Waals surface area (Å²) in [4.78, 5) is 7.74. The predicted octanol–water partition coefficient (Wildman–Crippen LogP) is 1.60. The Morgan fingerprint density at radius 2 is 2.36 bits per heavy atom. The zero-order valence-corrected chi connectivity index (χ0v) is 7.86. The molecule has 0 aliphatic carbocycles. The van der Waals surface area contributed by atoms with E-state index in [1.165, 1.54) is 0 Å². The first-order chi connectivity index (χ1) is 6.83. The molecule has 2 aromatic heterocycles. The minimum Gasteiger partial charge on any atom is -0.317 e. The van der Waals surface area contributed by atoms with Gasteiger partial charge < -0.3 is 9.72 Å². The third-order valence-corrected chi connectivity index (χ3v) is 1.97. The van der Waals surface area contributed by atoms with Crippen LogP contribution in [0.2, 0.25) is 0 Å². The third-order valence-electron chi connectivity index (χ3n) is 1.97. The summed E-state index contributed by atoms with van der Waals surface area (Å²) >= 11 is 0. The third kappa shape index (κ3) is 1.45. The molecule has 0 aliphatic heterocycles. The second-order valence-electron chi connectivity index (χ2n) is 3.03. The van der Waals surface area contributed by atoms with Gasteiger partial charge in [0.2, 0.25) is 5.69 Å². The van der Waals surface area contributed by atoms with Crippen LogP contribution in [0.25, 0.3) is 10.5 Å². The molecule has 0 atom stereocenters. The average Bonchev–Trinajstić information content (AvgIpc) is 2.59. The highest BCUT2D eigenvalue weighted by Gasteiger charge is 2.00. The maximum Gasteiger partial charge on any atom is 0.203 e.